The molecule has 0 aliphatic carbocycles. The van der Waals surface area contributed by atoms with Crippen molar-refractivity contribution in [3.8, 4) is 22.4 Å². The normalized spacial score (nSPS) is 11.6. The van der Waals surface area contributed by atoms with Crippen LogP contribution < -0.4 is 4.57 Å². The van der Waals surface area contributed by atoms with Crippen LogP contribution in [0.2, 0.25) is 0 Å². The summed E-state index contributed by atoms with van der Waals surface area (Å²) >= 11 is 0. The maximum absolute atomic E-state index is 8.54. The lowest BCUT2D eigenvalue weighted by Gasteiger charge is -2.12. The number of aryl methyl sites for hydroxylation is 2. The average molecular weight is 339 g/mol. The van der Waals surface area contributed by atoms with Crippen LogP contribution in [-0.2, 0) is 7.05 Å². The van der Waals surface area contributed by atoms with Crippen LogP contribution in [0.3, 0.4) is 0 Å². The zero-order valence-corrected chi connectivity index (χ0v) is 15.8. The van der Waals surface area contributed by atoms with Gasteiger partial charge in [0, 0.05) is 18.5 Å². The third kappa shape index (κ3) is 2.80. The predicted octanol–water partition coefficient (Wildman–Crippen LogP) is 5.92. The van der Waals surface area contributed by atoms with E-state index < -0.39 is 0 Å². The second-order valence-electron chi connectivity index (χ2n) is 7.06. The molecule has 0 atom stereocenters. The summed E-state index contributed by atoms with van der Waals surface area (Å²) in [5.74, 6) is 0. The topological polar surface area (TPSA) is 3.88 Å². The van der Waals surface area contributed by atoms with Gasteiger partial charge in [-0.3, -0.25) is 0 Å². The number of nitrogens with zero attached hydrogens (tertiary/aromatic N) is 1. The highest BCUT2D eigenvalue weighted by Crippen LogP contribution is 2.32. The van der Waals surface area contributed by atoms with E-state index in [2.05, 4.69) is 86.1 Å². The molecular weight excluding hydrogens is 314 g/mol. The fourth-order valence-electron chi connectivity index (χ4n) is 3.66. The quantitative estimate of drug-likeness (QED) is 0.399. The lowest BCUT2D eigenvalue weighted by Crippen LogP contribution is -2.35. The third-order valence-electron chi connectivity index (χ3n) is 5.17. The monoisotopic (exact) mass is 339 g/mol. The first kappa shape index (κ1) is 15.3. The molecule has 128 valence electrons. The molecule has 0 fully saturated rings. The number of pyridine rings is 1. The fourth-order valence-corrected chi connectivity index (χ4v) is 3.66. The molecule has 0 amide bonds. The summed E-state index contributed by atoms with van der Waals surface area (Å²) in [5, 5.41) is 2.15. The van der Waals surface area contributed by atoms with Gasteiger partial charge in [0.15, 0.2) is 5.69 Å². The number of benzene rings is 3. The van der Waals surface area contributed by atoms with Crippen molar-refractivity contribution in [1.82, 2.24) is 0 Å². The molecule has 0 unspecified atom stereocenters. The maximum Gasteiger partial charge on any atom is 0.220 e. The average Bonchev–Trinajstić information content (AvgIpc) is 2.68. The van der Waals surface area contributed by atoms with Crippen LogP contribution in [0.25, 0.3) is 33.2 Å². The molecule has 1 heteroatoms. The van der Waals surface area contributed by atoms with Gasteiger partial charge in [0.05, 0.1) is 6.76 Å². The van der Waals surface area contributed by atoms with E-state index in [4.69, 9.17) is 1.37 Å². The minimum absolute atomic E-state index is 0.606. The van der Waals surface area contributed by atoms with Crippen molar-refractivity contribution in [3.05, 3.63) is 89.6 Å². The van der Waals surface area contributed by atoms with Crippen LogP contribution in [0.15, 0.2) is 72.8 Å². The molecule has 0 aliphatic rings. The molecule has 1 nitrogen and oxygen atoms in total. The minimum Gasteiger partial charge on any atom is -0.198 e. The Labute approximate surface area is 157 Å². The SMILES string of the molecule is [2H]c1c(C)[n+](C)c(-c2ccc(-c3ccccc3)cc2C)c2cc(C)ccc12. The van der Waals surface area contributed by atoms with Crippen molar-refractivity contribution in [3.63, 3.8) is 0 Å². The van der Waals surface area contributed by atoms with Crippen molar-refractivity contribution >= 4 is 10.8 Å². The van der Waals surface area contributed by atoms with Gasteiger partial charge in [-0.15, -0.1) is 0 Å². The Morgan fingerprint density at radius 2 is 1.58 bits per heavy atom. The first-order valence-corrected chi connectivity index (χ1v) is 9.03. The van der Waals surface area contributed by atoms with Gasteiger partial charge in [0.1, 0.15) is 7.05 Å². The number of hydrogen-bond donors (Lipinski definition) is 0. The van der Waals surface area contributed by atoms with E-state index >= 15 is 0 Å². The lowest BCUT2D eigenvalue weighted by molar-refractivity contribution is -0.665. The predicted molar refractivity (Wildman–Crippen MR) is 110 cm³/mol. The highest BCUT2D eigenvalue weighted by Gasteiger charge is 2.20. The molecular formula is C25H24N+. The van der Waals surface area contributed by atoms with Crippen molar-refractivity contribution in [1.29, 1.82) is 0 Å². The summed E-state index contributed by atoms with van der Waals surface area (Å²) in [7, 11) is 2.06. The molecule has 0 saturated carbocycles. The van der Waals surface area contributed by atoms with Crippen molar-refractivity contribution in [2.45, 2.75) is 20.8 Å². The number of aromatic nitrogens is 1. The molecule has 0 bridgehead atoms. The Hall–Kier alpha value is -2.93. The highest BCUT2D eigenvalue weighted by atomic mass is 14.9. The van der Waals surface area contributed by atoms with Gasteiger partial charge in [-0.25, -0.2) is 0 Å². The third-order valence-corrected chi connectivity index (χ3v) is 5.17. The summed E-state index contributed by atoms with van der Waals surface area (Å²) in [5.41, 5.74) is 8.30. The van der Waals surface area contributed by atoms with Gasteiger partial charge < -0.3 is 0 Å². The number of rotatable bonds is 2. The Balaban J connectivity index is 1.99. The van der Waals surface area contributed by atoms with E-state index in [0.717, 1.165) is 16.5 Å². The molecule has 0 saturated heterocycles. The first-order chi connectivity index (χ1) is 13.0. The van der Waals surface area contributed by atoms with E-state index in [1.807, 2.05) is 13.0 Å². The Morgan fingerprint density at radius 3 is 2.31 bits per heavy atom. The van der Waals surface area contributed by atoms with Gasteiger partial charge in [-0.1, -0.05) is 60.2 Å². The molecule has 0 aliphatic heterocycles. The van der Waals surface area contributed by atoms with Crippen LogP contribution in [0.1, 0.15) is 18.2 Å². The zero-order valence-electron chi connectivity index (χ0n) is 16.8. The summed E-state index contributed by atoms with van der Waals surface area (Å²) in [6.45, 7) is 6.31. The van der Waals surface area contributed by atoms with Crippen LogP contribution in [0, 0.1) is 20.8 Å². The summed E-state index contributed by atoms with van der Waals surface area (Å²) in [4.78, 5) is 0. The first-order valence-electron chi connectivity index (χ1n) is 9.53. The highest BCUT2D eigenvalue weighted by molar-refractivity contribution is 5.94. The standard InChI is InChI=1S/C25H24N/c1-17-10-11-22-16-19(3)26(4)25(24(22)14-17)23-13-12-21(15-18(23)2)20-8-6-5-7-9-20/h5-16H,1-4H3/q+1/i16D. The van der Waals surface area contributed by atoms with Crippen molar-refractivity contribution in [2.24, 2.45) is 7.05 Å². The molecule has 1 heterocycles. The molecule has 0 radical (unpaired) electrons. The van der Waals surface area contributed by atoms with E-state index in [0.29, 0.717) is 6.04 Å². The Kier molecular flexibility index (Phi) is 3.79. The fraction of sp³-hybridized carbons (Fsp3) is 0.160. The van der Waals surface area contributed by atoms with Crippen LogP contribution in [0.5, 0.6) is 0 Å². The van der Waals surface area contributed by atoms with E-state index in [1.54, 1.807) is 0 Å². The summed E-state index contributed by atoms with van der Waals surface area (Å²) in [6, 6.07) is 24.1. The van der Waals surface area contributed by atoms with Crippen LogP contribution >= 0.6 is 0 Å². The number of hydrogen-bond acceptors (Lipinski definition) is 0. The van der Waals surface area contributed by atoms with Crippen LogP contribution in [0.4, 0.5) is 0 Å². The van der Waals surface area contributed by atoms with Gasteiger partial charge in [0.25, 0.3) is 0 Å². The summed E-state index contributed by atoms with van der Waals surface area (Å²) < 4.78 is 10.7. The van der Waals surface area contributed by atoms with Gasteiger partial charge >= 0.3 is 0 Å². The second-order valence-corrected chi connectivity index (χ2v) is 7.06. The summed E-state index contributed by atoms with van der Waals surface area (Å²) in [6.07, 6.45) is 0. The van der Waals surface area contributed by atoms with E-state index in [9.17, 15) is 0 Å². The van der Waals surface area contributed by atoms with Gasteiger partial charge in [-0.05, 0) is 48.1 Å². The molecule has 3 aromatic carbocycles. The van der Waals surface area contributed by atoms with Crippen molar-refractivity contribution < 1.29 is 5.94 Å². The Bertz CT molecular complexity index is 1160. The zero-order chi connectivity index (χ0) is 19.1. The van der Waals surface area contributed by atoms with E-state index in [1.165, 1.54) is 33.5 Å². The van der Waals surface area contributed by atoms with Gasteiger partial charge in [0.2, 0.25) is 5.69 Å². The minimum atomic E-state index is 0.606. The smallest absolute Gasteiger partial charge is 0.198 e. The molecule has 0 N–H and O–H groups in total. The molecule has 1 aromatic heterocycles. The molecule has 0 spiro atoms. The number of fused-ring (bicyclic) bond motifs is 1. The molecule has 4 rings (SSSR count). The van der Waals surface area contributed by atoms with Crippen molar-refractivity contribution in [2.75, 3.05) is 0 Å². The van der Waals surface area contributed by atoms with Gasteiger partial charge in [-0.2, -0.15) is 4.57 Å². The Morgan fingerprint density at radius 1 is 0.808 bits per heavy atom. The lowest BCUT2D eigenvalue weighted by atomic mass is 9.94. The maximum atomic E-state index is 8.54. The second kappa shape index (κ2) is 6.42. The van der Waals surface area contributed by atoms with Crippen LogP contribution in [-0.4, -0.2) is 0 Å². The molecule has 26 heavy (non-hydrogen) atoms. The van der Waals surface area contributed by atoms with E-state index in [-0.39, 0.29) is 0 Å². The molecule has 4 aromatic rings. The largest absolute Gasteiger partial charge is 0.220 e.